The molecular weight excluding hydrogens is 382 g/mol. The van der Waals surface area contributed by atoms with Gasteiger partial charge in [-0.05, 0) is 54.4 Å². The Morgan fingerprint density at radius 2 is 1.59 bits per heavy atom. The molecule has 1 aliphatic rings. The molecule has 1 heterocycles. The van der Waals surface area contributed by atoms with Gasteiger partial charge >= 0.3 is 12.2 Å². The van der Waals surface area contributed by atoms with Crippen molar-refractivity contribution in [3.05, 3.63) is 0 Å². The highest BCUT2D eigenvalue weighted by Gasteiger charge is 2.38. The molecule has 0 aromatic heterocycles. The third-order valence-electron chi connectivity index (χ3n) is 3.59. The number of nitrogens with zero attached hydrogens (tertiary/aromatic N) is 3. The summed E-state index contributed by atoms with van der Waals surface area (Å²) in [6, 6.07) is -0.811. The van der Waals surface area contributed by atoms with E-state index in [2.05, 4.69) is 4.99 Å². The van der Waals surface area contributed by atoms with E-state index >= 15 is 0 Å². The van der Waals surface area contributed by atoms with Crippen molar-refractivity contribution < 1.29 is 28.7 Å². The summed E-state index contributed by atoms with van der Waals surface area (Å²) in [6.45, 7) is 9.54. The van der Waals surface area contributed by atoms with E-state index in [4.69, 9.17) is 20.9 Å². The van der Waals surface area contributed by atoms with E-state index in [9.17, 15) is 19.2 Å². The molecule has 0 bridgehead atoms. The third-order valence-corrected chi connectivity index (χ3v) is 3.59. The standard InChI is InChI=1S/C18H31N5O6/c1-17(2,3)28-15(26)21-14(22-9-7-8-11(22)13(20)25)23(10-12(19)24)16(27)29-18(4,5)6/h11H,7-10H2,1-6H3,(H2,19,24)(H2,20,25)/b21-14+/t11-/m0/s1. The van der Waals surface area contributed by atoms with E-state index in [0.717, 1.165) is 4.90 Å². The number of guanidine groups is 1. The molecule has 0 aliphatic carbocycles. The van der Waals surface area contributed by atoms with Crippen LogP contribution in [-0.4, -0.2) is 70.1 Å². The normalized spacial score (nSPS) is 17.7. The van der Waals surface area contributed by atoms with E-state index in [1.165, 1.54) is 4.90 Å². The third kappa shape index (κ3) is 7.96. The first-order valence-corrected chi connectivity index (χ1v) is 9.27. The molecule has 0 aromatic rings. The minimum Gasteiger partial charge on any atom is -0.443 e. The van der Waals surface area contributed by atoms with E-state index in [-0.39, 0.29) is 12.5 Å². The number of rotatable bonds is 3. The summed E-state index contributed by atoms with van der Waals surface area (Å²) in [7, 11) is 0. The number of likely N-dealkylation sites (tertiary alicyclic amines) is 1. The van der Waals surface area contributed by atoms with Gasteiger partial charge in [0.2, 0.25) is 17.8 Å². The van der Waals surface area contributed by atoms with Crippen molar-refractivity contribution in [1.29, 1.82) is 0 Å². The first kappa shape index (κ1) is 24.2. The average molecular weight is 413 g/mol. The molecule has 0 unspecified atom stereocenters. The van der Waals surface area contributed by atoms with Crippen molar-refractivity contribution in [2.75, 3.05) is 13.1 Å². The Balaban J connectivity index is 3.43. The van der Waals surface area contributed by atoms with Crippen molar-refractivity contribution in [2.24, 2.45) is 16.5 Å². The fraction of sp³-hybridized carbons (Fsp3) is 0.722. The monoisotopic (exact) mass is 413 g/mol. The first-order valence-electron chi connectivity index (χ1n) is 9.27. The quantitative estimate of drug-likeness (QED) is 0.515. The summed E-state index contributed by atoms with van der Waals surface area (Å²) >= 11 is 0. The molecule has 29 heavy (non-hydrogen) atoms. The molecule has 4 N–H and O–H groups in total. The van der Waals surface area contributed by atoms with E-state index < -0.39 is 47.8 Å². The van der Waals surface area contributed by atoms with Crippen molar-refractivity contribution in [3.63, 3.8) is 0 Å². The maximum atomic E-state index is 12.8. The fourth-order valence-corrected chi connectivity index (χ4v) is 2.64. The molecule has 0 saturated carbocycles. The average Bonchev–Trinajstić information content (AvgIpc) is 2.96. The van der Waals surface area contributed by atoms with E-state index in [1.807, 2.05) is 0 Å². The van der Waals surface area contributed by atoms with Crippen LogP contribution in [0.15, 0.2) is 4.99 Å². The van der Waals surface area contributed by atoms with Gasteiger partial charge in [-0.25, -0.2) is 14.5 Å². The number of hydrogen-bond donors (Lipinski definition) is 2. The summed E-state index contributed by atoms with van der Waals surface area (Å²) in [5.74, 6) is -1.78. The van der Waals surface area contributed by atoms with Gasteiger partial charge in [0.05, 0.1) is 0 Å². The van der Waals surface area contributed by atoms with Gasteiger partial charge in [-0.1, -0.05) is 0 Å². The second kappa shape index (κ2) is 9.10. The largest absolute Gasteiger partial charge is 0.443 e. The number of ether oxygens (including phenoxy) is 2. The van der Waals surface area contributed by atoms with Crippen LogP contribution in [0, 0.1) is 0 Å². The maximum absolute atomic E-state index is 12.8. The Morgan fingerprint density at radius 1 is 1.03 bits per heavy atom. The zero-order chi connectivity index (χ0) is 22.6. The number of hydrogen-bond acceptors (Lipinski definition) is 6. The van der Waals surface area contributed by atoms with Crippen molar-refractivity contribution in [3.8, 4) is 0 Å². The van der Waals surface area contributed by atoms with Crippen LogP contribution >= 0.6 is 0 Å². The first-order chi connectivity index (χ1) is 13.1. The van der Waals surface area contributed by atoms with Crippen LogP contribution in [-0.2, 0) is 19.1 Å². The summed E-state index contributed by atoms with van der Waals surface area (Å²) in [6.07, 6.45) is -0.976. The maximum Gasteiger partial charge on any atom is 0.437 e. The predicted octanol–water partition coefficient (Wildman–Crippen LogP) is 0.950. The lowest BCUT2D eigenvalue weighted by atomic mass is 10.2. The molecule has 1 fully saturated rings. The molecule has 11 nitrogen and oxygen atoms in total. The Bertz CT molecular complexity index is 692. The number of carbonyl (C=O) groups excluding carboxylic acids is 4. The van der Waals surface area contributed by atoms with Crippen LogP contribution in [0.4, 0.5) is 9.59 Å². The Hall–Kier alpha value is -2.85. The Morgan fingerprint density at radius 3 is 2.03 bits per heavy atom. The summed E-state index contributed by atoms with van der Waals surface area (Å²) in [4.78, 5) is 54.7. The molecule has 1 rings (SSSR count). The van der Waals surface area contributed by atoms with Gasteiger partial charge in [0.1, 0.15) is 23.8 Å². The second-order valence-corrected chi connectivity index (χ2v) is 8.68. The zero-order valence-electron chi connectivity index (χ0n) is 17.9. The van der Waals surface area contributed by atoms with Gasteiger partial charge in [-0.3, -0.25) is 9.59 Å². The fourth-order valence-electron chi connectivity index (χ4n) is 2.64. The van der Waals surface area contributed by atoms with Crippen LogP contribution in [0.25, 0.3) is 0 Å². The summed E-state index contributed by atoms with van der Waals surface area (Å²) < 4.78 is 10.5. The summed E-state index contributed by atoms with van der Waals surface area (Å²) in [5, 5.41) is 0. The minimum atomic E-state index is -0.999. The molecular formula is C18H31N5O6. The smallest absolute Gasteiger partial charge is 0.437 e. The van der Waals surface area contributed by atoms with Crippen molar-refractivity contribution in [1.82, 2.24) is 9.80 Å². The van der Waals surface area contributed by atoms with E-state index in [0.29, 0.717) is 12.8 Å². The lowest BCUT2D eigenvalue weighted by Gasteiger charge is -2.33. The summed E-state index contributed by atoms with van der Waals surface area (Å²) in [5.41, 5.74) is 9.01. The van der Waals surface area contributed by atoms with Crippen LogP contribution < -0.4 is 11.5 Å². The van der Waals surface area contributed by atoms with Crippen LogP contribution in [0.5, 0.6) is 0 Å². The molecule has 11 heteroatoms. The lowest BCUT2D eigenvalue weighted by Crippen LogP contribution is -2.55. The van der Waals surface area contributed by atoms with Crippen molar-refractivity contribution >= 4 is 30.0 Å². The molecule has 1 saturated heterocycles. The highest BCUT2D eigenvalue weighted by molar-refractivity contribution is 6.03. The number of carbonyl (C=O) groups is 4. The van der Waals surface area contributed by atoms with Crippen LogP contribution in [0.2, 0.25) is 0 Å². The minimum absolute atomic E-state index is 0.270. The van der Waals surface area contributed by atoms with Gasteiger partial charge in [0.25, 0.3) is 0 Å². The van der Waals surface area contributed by atoms with E-state index in [1.54, 1.807) is 41.5 Å². The molecule has 1 aliphatic heterocycles. The van der Waals surface area contributed by atoms with Crippen molar-refractivity contribution in [2.45, 2.75) is 71.6 Å². The van der Waals surface area contributed by atoms with Gasteiger partial charge in [0.15, 0.2) is 0 Å². The highest BCUT2D eigenvalue weighted by Crippen LogP contribution is 2.21. The van der Waals surface area contributed by atoms with Gasteiger partial charge in [-0.15, -0.1) is 4.99 Å². The number of nitrogens with two attached hydrogens (primary N) is 2. The topological polar surface area (TPSA) is 158 Å². The van der Waals surface area contributed by atoms with Crippen LogP contribution in [0.3, 0.4) is 0 Å². The second-order valence-electron chi connectivity index (χ2n) is 8.68. The number of amides is 4. The molecule has 0 aromatic carbocycles. The molecule has 164 valence electrons. The van der Waals surface area contributed by atoms with Gasteiger partial charge in [-0.2, -0.15) is 0 Å². The van der Waals surface area contributed by atoms with Gasteiger partial charge in [0, 0.05) is 6.54 Å². The molecule has 4 amide bonds. The Kier molecular flexibility index (Phi) is 7.59. The lowest BCUT2D eigenvalue weighted by molar-refractivity contribution is -0.121. The SMILES string of the molecule is CC(C)(C)OC(=O)/N=C(/N(CC(N)=O)C(=O)OC(C)(C)C)N1CCC[C@H]1C(N)=O. The number of primary amides is 2. The zero-order valence-corrected chi connectivity index (χ0v) is 17.9. The molecule has 1 atom stereocenters. The van der Waals surface area contributed by atoms with Gasteiger partial charge < -0.3 is 25.8 Å². The van der Waals surface area contributed by atoms with Crippen LogP contribution in [0.1, 0.15) is 54.4 Å². The highest BCUT2D eigenvalue weighted by atomic mass is 16.6. The predicted molar refractivity (Wildman–Crippen MR) is 105 cm³/mol. The molecule has 0 radical (unpaired) electrons. The molecule has 0 spiro atoms. The Labute approximate surface area is 170 Å². The number of aliphatic imine (C=N–C) groups is 1.